The Morgan fingerprint density at radius 3 is 2.87 bits per heavy atom. The zero-order valence-corrected chi connectivity index (χ0v) is 13.6. The Morgan fingerprint density at radius 1 is 1.48 bits per heavy atom. The van der Waals surface area contributed by atoms with Crippen molar-refractivity contribution < 1.29 is 22.8 Å². The smallest absolute Gasteiger partial charge is 0.387 e. The molecule has 5 nitrogen and oxygen atoms in total. The predicted octanol–water partition coefficient (Wildman–Crippen LogP) is 2.32. The fraction of sp³-hybridized carbons (Fsp3) is 0.867. The molecule has 1 atom stereocenters. The van der Waals surface area contributed by atoms with E-state index in [2.05, 4.69) is 23.9 Å². The van der Waals surface area contributed by atoms with Crippen LogP contribution in [0, 0.1) is 5.92 Å². The Labute approximate surface area is 134 Å². The number of oxime groups is 1. The molecule has 0 radical (unpaired) electrons. The van der Waals surface area contributed by atoms with Crippen molar-refractivity contribution in [3.05, 3.63) is 0 Å². The van der Waals surface area contributed by atoms with Gasteiger partial charge in [0.15, 0.2) is 5.60 Å². The molecule has 0 aromatic carbocycles. The Morgan fingerprint density at radius 2 is 2.22 bits per heavy atom. The van der Waals surface area contributed by atoms with Crippen LogP contribution < -0.4 is 5.32 Å². The standard InChI is InChI=1S/C15H24F3N3O2/c1-11(2)4-7-21-6-3-5-14(10-21)8-12(20-23-14)13(22)19-9-15(16,17)18/h11H,3-10H2,1-2H3,(H,19,22). The highest BCUT2D eigenvalue weighted by molar-refractivity contribution is 6.39. The third-order valence-electron chi connectivity index (χ3n) is 4.19. The third kappa shape index (κ3) is 5.37. The molecular weight excluding hydrogens is 311 g/mol. The van der Waals surface area contributed by atoms with Crippen LogP contribution in [0.2, 0.25) is 0 Å². The molecule has 0 aliphatic carbocycles. The van der Waals surface area contributed by atoms with E-state index in [-0.39, 0.29) is 12.1 Å². The van der Waals surface area contributed by atoms with Gasteiger partial charge in [0.05, 0.1) is 0 Å². The number of hydrogen-bond donors (Lipinski definition) is 1. The van der Waals surface area contributed by atoms with E-state index in [9.17, 15) is 18.0 Å². The molecule has 1 saturated heterocycles. The maximum absolute atomic E-state index is 12.2. The number of hydrogen-bond acceptors (Lipinski definition) is 4. The summed E-state index contributed by atoms with van der Waals surface area (Å²) in [6.07, 6.45) is -1.37. The molecule has 0 bridgehead atoms. The van der Waals surface area contributed by atoms with Crippen LogP contribution in [0.15, 0.2) is 5.16 Å². The van der Waals surface area contributed by atoms with Gasteiger partial charge in [-0.3, -0.25) is 9.69 Å². The van der Waals surface area contributed by atoms with E-state index in [1.54, 1.807) is 0 Å². The fourth-order valence-corrected chi connectivity index (χ4v) is 2.97. The van der Waals surface area contributed by atoms with Gasteiger partial charge < -0.3 is 10.2 Å². The number of alkyl halides is 3. The van der Waals surface area contributed by atoms with Crippen LogP contribution in [0.5, 0.6) is 0 Å². The summed E-state index contributed by atoms with van der Waals surface area (Å²) in [4.78, 5) is 19.6. The van der Waals surface area contributed by atoms with Gasteiger partial charge in [-0.1, -0.05) is 19.0 Å². The number of likely N-dealkylation sites (tertiary alicyclic amines) is 1. The van der Waals surface area contributed by atoms with Crippen molar-refractivity contribution in [2.75, 3.05) is 26.2 Å². The molecule has 23 heavy (non-hydrogen) atoms. The minimum absolute atomic E-state index is 0.0555. The third-order valence-corrected chi connectivity index (χ3v) is 4.19. The highest BCUT2D eigenvalue weighted by Gasteiger charge is 2.44. The first-order chi connectivity index (χ1) is 10.7. The second kappa shape index (κ2) is 7.07. The van der Waals surface area contributed by atoms with E-state index in [0.29, 0.717) is 12.5 Å². The van der Waals surface area contributed by atoms with Crippen LogP contribution in [0.4, 0.5) is 13.2 Å². The molecule has 2 heterocycles. The zero-order chi connectivity index (χ0) is 17.1. The van der Waals surface area contributed by atoms with Crippen LogP contribution >= 0.6 is 0 Å². The second-order valence-corrected chi connectivity index (χ2v) is 6.85. The van der Waals surface area contributed by atoms with Gasteiger partial charge >= 0.3 is 6.18 Å². The number of carbonyl (C=O) groups is 1. The number of rotatable bonds is 5. The molecule has 1 unspecified atom stereocenters. The fourth-order valence-electron chi connectivity index (χ4n) is 2.97. The van der Waals surface area contributed by atoms with Crippen LogP contribution in [0.3, 0.4) is 0 Å². The second-order valence-electron chi connectivity index (χ2n) is 6.85. The number of halogens is 3. The van der Waals surface area contributed by atoms with Crippen molar-refractivity contribution in [2.24, 2.45) is 11.1 Å². The SMILES string of the molecule is CC(C)CCN1CCCC2(CC(C(=O)NCC(F)(F)F)=NO2)C1. The molecule has 2 aliphatic rings. The normalized spacial score (nSPS) is 25.6. The lowest BCUT2D eigenvalue weighted by Gasteiger charge is -2.38. The summed E-state index contributed by atoms with van der Waals surface area (Å²) in [7, 11) is 0. The zero-order valence-electron chi connectivity index (χ0n) is 13.6. The molecule has 132 valence electrons. The van der Waals surface area contributed by atoms with Crippen LogP contribution in [0.25, 0.3) is 0 Å². The average Bonchev–Trinajstić information content (AvgIpc) is 2.85. The number of piperidine rings is 1. The largest absolute Gasteiger partial charge is 0.405 e. The molecule has 1 N–H and O–H groups in total. The molecule has 1 spiro atoms. The van der Waals surface area contributed by atoms with Gasteiger partial charge in [-0.05, 0) is 38.3 Å². The predicted molar refractivity (Wildman–Crippen MR) is 80.1 cm³/mol. The Kier molecular flexibility index (Phi) is 5.54. The lowest BCUT2D eigenvalue weighted by atomic mass is 9.87. The van der Waals surface area contributed by atoms with Crippen LogP contribution in [-0.4, -0.2) is 54.5 Å². The number of nitrogens with one attached hydrogen (secondary N) is 1. The quantitative estimate of drug-likeness (QED) is 0.839. The molecule has 0 aromatic rings. The Hall–Kier alpha value is -1.31. The van der Waals surface area contributed by atoms with E-state index < -0.39 is 24.2 Å². The monoisotopic (exact) mass is 335 g/mol. The first-order valence-corrected chi connectivity index (χ1v) is 8.01. The molecule has 0 aromatic heterocycles. The maximum Gasteiger partial charge on any atom is 0.405 e. The molecule has 1 amide bonds. The van der Waals surface area contributed by atoms with Gasteiger partial charge in [0, 0.05) is 13.0 Å². The van der Waals surface area contributed by atoms with Gasteiger partial charge in [-0.15, -0.1) is 0 Å². The highest BCUT2D eigenvalue weighted by atomic mass is 19.4. The van der Waals surface area contributed by atoms with E-state index in [1.807, 2.05) is 5.32 Å². The lowest BCUT2D eigenvalue weighted by Crippen LogP contribution is -2.49. The molecule has 0 saturated carbocycles. The molecular formula is C15H24F3N3O2. The summed E-state index contributed by atoms with van der Waals surface area (Å²) in [6.45, 7) is 5.58. The maximum atomic E-state index is 12.2. The topological polar surface area (TPSA) is 53.9 Å². The summed E-state index contributed by atoms with van der Waals surface area (Å²) < 4.78 is 36.5. The van der Waals surface area contributed by atoms with Crippen LogP contribution in [0.1, 0.15) is 39.5 Å². The molecule has 2 rings (SSSR count). The first kappa shape index (κ1) is 18.0. The summed E-state index contributed by atoms with van der Waals surface area (Å²) in [5.41, 5.74) is -0.500. The minimum Gasteiger partial charge on any atom is -0.387 e. The lowest BCUT2D eigenvalue weighted by molar-refractivity contribution is -0.134. The summed E-state index contributed by atoms with van der Waals surface area (Å²) in [5, 5.41) is 5.60. The van der Waals surface area contributed by atoms with Crippen molar-refractivity contribution in [3.8, 4) is 0 Å². The van der Waals surface area contributed by atoms with E-state index in [0.717, 1.165) is 32.4 Å². The first-order valence-electron chi connectivity index (χ1n) is 8.01. The molecule has 2 aliphatic heterocycles. The van der Waals surface area contributed by atoms with Gasteiger partial charge in [0.2, 0.25) is 0 Å². The number of carbonyl (C=O) groups excluding carboxylic acids is 1. The Balaban J connectivity index is 1.85. The van der Waals surface area contributed by atoms with Crippen molar-refractivity contribution in [1.29, 1.82) is 0 Å². The van der Waals surface area contributed by atoms with E-state index in [1.165, 1.54) is 0 Å². The molecule has 8 heteroatoms. The minimum atomic E-state index is -4.42. The van der Waals surface area contributed by atoms with Gasteiger partial charge in [0.25, 0.3) is 5.91 Å². The van der Waals surface area contributed by atoms with Gasteiger partial charge in [-0.2, -0.15) is 13.2 Å². The summed E-state index contributed by atoms with van der Waals surface area (Å²) >= 11 is 0. The van der Waals surface area contributed by atoms with Gasteiger partial charge in [-0.25, -0.2) is 0 Å². The van der Waals surface area contributed by atoms with Crippen LogP contribution in [-0.2, 0) is 9.63 Å². The van der Waals surface area contributed by atoms with Crippen molar-refractivity contribution in [3.63, 3.8) is 0 Å². The van der Waals surface area contributed by atoms with Crippen molar-refractivity contribution >= 4 is 11.6 Å². The number of amides is 1. The van der Waals surface area contributed by atoms with Gasteiger partial charge in [0.1, 0.15) is 12.3 Å². The van der Waals surface area contributed by atoms with Crippen molar-refractivity contribution in [1.82, 2.24) is 10.2 Å². The van der Waals surface area contributed by atoms with E-state index >= 15 is 0 Å². The highest BCUT2D eigenvalue weighted by Crippen LogP contribution is 2.33. The van der Waals surface area contributed by atoms with Crippen molar-refractivity contribution in [2.45, 2.75) is 51.3 Å². The molecule has 1 fully saturated rings. The summed E-state index contributed by atoms with van der Waals surface area (Å²) in [5.74, 6) is -0.184. The average molecular weight is 335 g/mol. The number of nitrogens with zero attached hydrogens (tertiary/aromatic N) is 2. The summed E-state index contributed by atoms with van der Waals surface area (Å²) in [6, 6.07) is 0. The van der Waals surface area contributed by atoms with E-state index in [4.69, 9.17) is 4.84 Å². The Bertz CT molecular complexity index is 465.